The Balaban J connectivity index is 1.39. The molecule has 6 nitrogen and oxygen atoms in total. The minimum atomic E-state index is -4.05. The zero-order valence-electron chi connectivity index (χ0n) is 22.3. The van der Waals surface area contributed by atoms with E-state index in [0.29, 0.717) is 47.3 Å². The average Bonchev–Trinajstić information content (AvgIpc) is 3.14. The van der Waals surface area contributed by atoms with Gasteiger partial charge in [0.15, 0.2) is 0 Å². The van der Waals surface area contributed by atoms with E-state index in [9.17, 15) is 18.3 Å². The number of aliphatic hydroxyl groups is 1. The van der Waals surface area contributed by atoms with Gasteiger partial charge in [0.1, 0.15) is 0 Å². The standard InChI is InChI=1S/C28H49NO5S/c1-5-19-10-12-27(3)20(16-19)17-24(30)26-22-8-7-21(28(22,4)13-11-23(26)27)18(2)6-9-25(31)29-14-15-35(32,33)34/h18-24,26,30H,5-17H2,1-4H3,(H,29,31)(H,32,33,34)/t18-,19-,20?,21-,22+,23+,24+,26+,27+,28-/m1/s1. The predicted octanol–water partition coefficient (Wildman–Crippen LogP) is 5.06. The van der Waals surface area contributed by atoms with E-state index >= 15 is 0 Å². The molecule has 0 aromatic rings. The van der Waals surface area contributed by atoms with Crippen molar-refractivity contribution in [1.82, 2.24) is 5.32 Å². The highest BCUT2D eigenvalue weighted by molar-refractivity contribution is 7.85. The van der Waals surface area contributed by atoms with Crippen molar-refractivity contribution >= 4 is 16.0 Å². The second-order valence-corrected chi connectivity index (χ2v) is 14.8. The molecule has 0 spiro atoms. The SMILES string of the molecule is CC[C@@H]1CC[C@@]2(C)C(C1)C[C@H](O)[C@H]1[C@@H]3CC[C@H]([C@H](C)CCC(=O)NCCS(=O)(=O)O)[C@@]3(C)CC[C@@H]12. The molecule has 0 aliphatic heterocycles. The second kappa shape index (κ2) is 10.2. The molecule has 3 N–H and O–H groups in total. The quantitative estimate of drug-likeness (QED) is 0.395. The molecule has 0 saturated heterocycles. The fourth-order valence-electron chi connectivity index (χ4n) is 9.63. The molecule has 4 aliphatic carbocycles. The monoisotopic (exact) mass is 511 g/mol. The zero-order valence-corrected chi connectivity index (χ0v) is 23.2. The van der Waals surface area contributed by atoms with Crippen molar-refractivity contribution in [3.05, 3.63) is 0 Å². The van der Waals surface area contributed by atoms with Gasteiger partial charge in [-0.15, -0.1) is 0 Å². The molecule has 0 bridgehead atoms. The van der Waals surface area contributed by atoms with Gasteiger partial charge < -0.3 is 10.4 Å². The molecule has 202 valence electrons. The molecular formula is C28H49NO5S. The van der Waals surface area contributed by atoms with Crippen LogP contribution in [0.2, 0.25) is 0 Å². The lowest BCUT2D eigenvalue weighted by Crippen LogP contribution is -2.58. The largest absolute Gasteiger partial charge is 0.393 e. The maximum absolute atomic E-state index is 12.2. The van der Waals surface area contributed by atoms with Crippen molar-refractivity contribution in [2.45, 2.75) is 104 Å². The van der Waals surface area contributed by atoms with Crippen molar-refractivity contribution in [3.63, 3.8) is 0 Å². The maximum atomic E-state index is 12.2. The van der Waals surface area contributed by atoms with E-state index in [4.69, 9.17) is 4.55 Å². The lowest BCUT2D eigenvalue weighted by Gasteiger charge is -2.62. The molecule has 4 aliphatic rings. The highest BCUT2D eigenvalue weighted by Crippen LogP contribution is 2.68. The van der Waals surface area contributed by atoms with Crippen LogP contribution < -0.4 is 5.32 Å². The maximum Gasteiger partial charge on any atom is 0.266 e. The first kappa shape index (κ1) is 27.4. The molecule has 0 aromatic heterocycles. The van der Waals surface area contributed by atoms with Crippen molar-refractivity contribution in [2.24, 2.45) is 52.3 Å². The Labute approximate surface area is 213 Å². The Bertz CT molecular complexity index is 877. The Kier molecular flexibility index (Phi) is 8.01. The summed E-state index contributed by atoms with van der Waals surface area (Å²) in [7, 11) is -4.05. The van der Waals surface area contributed by atoms with Crippen LogP contribution in [-0.4, -0.2) is 42.4 Å². The molecule has 0 aromatic carbocycles. The van der Waals surface area contributed by atoms with E-state index in [1.807, 2.05) is 0 Å². The van der Waals surface area contributed by atoms with Gasteiger partial charge in [0, 0.05) is 13.0 Å². The first-order valence-corrected chi connectivity index (χ1v) is 15.9. The summed E-state index contributed by atoms with van der Waals surface area (Å²) in [6.07, 6.45) is 12.1. The van der Waals surface area contributed by atoms with Crippen molar-refractivity contribution in [2.75, 3.05) is 12.3 Å². The summed E-state index contributed by atoms with van der Waals surface area (Å²) in [4.78, 5) is 12.2. The lowest BCUT2D eigenvalue weighted by atomic mass is 9.43. The number of fused-ring (bicyclic) bond motifs is 5. The molecule has 0 heterocycles. The highest BCUT2D eigenvalue weighted by Gasteiger charge is 2.62. The molecule has 35 heavy (non-hydrogen) atoms. The average molecular weight is 512 g/mol. The summed E-state index contributed by atoms with van der Waals surface area (Å²) in [6.45, 7) is 9.59. The Hall–Kier alpha value is -0.660. The number of hydrogen-bond acceptors (Lipinski definition) is 4. The number of rotatable bonds is 8. The molecule has 10 atom stereocenters. The van der Waals surface area contributed by atoms with Crippen molar-refractivity contribution in [1.29, 1.82) is 0 Å². The molecule has 4 rings (SSSR count). The van der Waals surface area contributed by atoms with E-state index < -0.39 is 15.9 Å². The van der Waals surface area contributed by atoms with Gasteiger partial charge >= 0.3 is 0 Å². The second-order valence-electron chi connectivity index (χ2n) is 13.2. The first-order valence-electron chi connectivity index (χ1n) is 14.3. The third kappa shape index (κ3) is 5.34. The van der Waals surface area contributed by atoms with Gasteiger partial charge in [-0.1, -0.05) is 34.1 Å². The summed E-state index contributed by atoms with van der Waals surface area (Å²) in [5, 5.41) is 14.1. The number of nitrogens with one attached hydrogen (secondary N) is 1. The van der Waals surface area contributed by atoms with Crippen LogP contribution in [0.4, 0.5) is 0 Å². The van der Waals surface area contributed by atoms with Gasteiger partial charge in [0.25, 0.3) is 10.1 Å². The number of carbonyl (C=O) groups is 1. The van der Waals surface area contributed by atoms with Crippen LogP contribution in [0.3, 0.4) is 0 Å². The normalized spacial score (nSPS) is 44.1. The van der Waals surface area contributed by atoms with Crippen LogP contribution in [0.15, 0.2) is 0 Å². The van der Waals surface area contributed by atoms with Gasteiger partial charge in [-0.3, -0.25) is 9.35 Å². The van der Waals surface area contributed by atoms with E-state index in [1.165, 1.54) is 51.4 Å². The molecule has 7 heteroatoms. The minimum absolute atomic E-state index is 0.0466. The van der Waals surface area contributed by atoms with Gasteiger partial charge in [-0.25, -0.2) is 0 Å². The number of hydrogen-bond donors (Lipinski definition) is 3. The topological polar surface area (TPSA) is 104 Å². The predicted molar refractivity (Wildman–Crippen MR) is 138 cm³/mol. The molecule has 1 unspecified atom stereocenters. The molecular weight excluding hydrogens is 462 g/mol. The van der Waals surface area contributed by atoms with Gasteiger partial charge in [0.2, 0.25) is 5.91 Å². The van der Waals surface area contributed by atoms with Crippen LogP contribution in [0.25, 0.3) is 0 Å². The van der Waals surface area contributed by atoms with E-state index in [-0.39, 0.29) is 24.0 Å². The van der Waals surface area contributed by atoms with Crippen LogP contribution in [0.5, 0.6) is 0 Å². The number of aliphatic hydroxyl groups excluding tert-OH is 1. The van der Waals surface area contributed by atoms with Crippen molar-refractivity contribution < 1.29 is 22.9 Å². The first-order chi connectivity index (χ1) is 16.4. The Morgan fingerprint density at radius 3 is 2.43 bits per heavy atom. The van der Waals surface area contributed by atoms with Crippen LogP contribution in [0.1, 0.15) is 98.3 Å². The fraction of sp³-hybridized carbons (Fsp3) is 0.964. The molecule has 4 saturated carbocycles. The highest BCUT2D eigenvalue weighted by atomic mass is 32.2. The van der Waals surface area contributed by atoms with Crippen LogP contribution >= 0.6 is 0 Å². The van der Waals surface area contributed by atoms with Crippen LogP contribution in [-0.2, 0) is 14.9 Å². The summed E-state index contributed by atoms with van der Waals surface area (Å²) in [5.41, 5.74) is 0.619. The van der Waals surface area contributed by atoms with E-state index in [2.05, 4.69) is 33.0 Å². The van der Waals surface area contributed by atoms with Gasteiger partial charge in [0.05, 0.1) is 11.9 Å². The van der Waals surface area contributed by atoms with Gasteiger partial charge in [-0.05, 0) is 110 Å². The van der Waals surface area contributed by atoms with E-state index in [0.717, 1.165) is 18.8 Å². The summed E-state index contributed by atoms with van der Waals surface area (Å²) < 4.78 is 30.6. The van der Waals surface area contributed by atoms with Crippen molar-refractivity contribution in [3.8, 4) is 0 Å². The molecule has 1 amide bonds. The summed E-state index contributed by atoms with van der Waals surface area (Å²) in [6, 6.07) is 0. The smallest absolute Gasteiger partial charge is 0.266 e. The Morgan fingerprint density at radius 1 is 1.06 bits per heavy atom. The third-order valence-corrected chi connectivity index (χ3v) is 12.4. The summed E-state index contributed by atoms with van der Waals surface area (Å²) >= 11 is 0. The van der Waals surface area contributed by atoms with Gasteiger partial charge in [-0.2, -0.15) is 8.42 Å². The fourth-order valence-corrected chi connectivity index (χ4v) is 9.99. The molecule has 0 radical (unpaired) electrons. The summed E-state index contributed by atoms with van der Waals surface area (Å²) in [5.74, 6) is 3.56. The number of amides is 1. The number of carbonyl (C=O) groups excluding carboxylic acids is 1. The van der Waals surface area contributed by atoms with E-state index in [1.54, 1.807) is 0 Å². The molecule has 4 fully saturated rings. The lowest BCUT2D eigenvalue weighted by molar-refractivity contribution is -0.169. The minimum Gasteiger partial charge on any atom is -0.393 e. The zero-order chi connectivity index (χ0) is 25.6. The third-order valence-electron chi connectivity index (χ3n) is 11.6. The Morgan fingerprint density at radius 2 is 1.74 bits per heavy atom. The van der Waals surface area contributed by atoms with Crippen LogP contribution in [0, 0.1) is 52.3 Å².